The van der Waals surface area contributed by atoms with Crippen LogP contribution in [0.1, 0.15) is 24.8 Å². The highest BCUT2D eigenvalue weighted by molar-refractivity contribution is 6.32. The lowest BCUT2D eigenvalue weighted by Gasteiger charge is -2.25. The van der Waals surface area contributed by atoms with Crippen molar-refractivity contribution >= 4 is 11.6 Å². The summed E-state index contributed by atoms with van der Waals surface area (Å²) in [4.78, 5) is 0. The van der Waals surface area contributed by atoms with Gasteiger partial charge in [-0.05, 0) is 36.5 Å². The molecule has 0 amide bonds. The van der Waals surface area contributed by atoms with Crippen molar-refractivity contribution in [2.24, 2.45) is 11.7 Å². The maximum Gasteiger partial charge on any atom is 0.179 e. The van der Waals surface area contributed by atoms with Crippen LogP contribution in [0, 0.1) is 5.92 Å². The van der Waals surface area contributed by atoms with E-state index in [9.17, 15) is 0 Å². The molecular weight excluding hydrogens is 238 g/mol. The normalized spacial score (nSPS) is 15.5. The minimum absolute atomic E-state index is 0.443. The van der Waals surface area contributed by atoms with Crippen LogP contribution in [-0.4, -0.2) is 13.7 Å². The second kappa shape index (κ2) is 5.61. The van der Waals surface area contributed by atoms with Gasteiger partial charge in [-0.25, -0.2) is 0 Å². The highest BCUT2D eigenvalue weighted by atomic mass is 35.5. The van der Waals surface area contributed by atoms with Crippen LogP contribution in [0.2, 0.25) is 5.02 Å². The third-order valence-corrected chi connectivity index (χ3v) is 3.49. The quantitative estimate of drug-likeness (QED) is 0.880. The lowest BCUT2D eigenvalue weighted by atomic mass is 9.86. The number of benzene rings is 1. The molecule has 0 aliphatic heterocycles. The fourth-order valence-corrected chi connectivity index (χ4v) is 2.18. The predicted octanol–water partition coefficient (Wildman–Crippen LogP) is 2.99. The molecule has 1 fully saturated rings. The summed E-state index contributed by atoms with van der Waals surface area (Å²) in [6, 6.07) is 3.71. The minimum Gasteiger partial charge on any atom is -0.493 e. The Bertz CT molecular complexity index is 391. The molecule has 0 unspecified atom stereocenters. The second-order valence-corrected chi connectivity index (χ2v) is 4.83. The van der Waals surface area contributed by atoms with Gasteiger partial charge < -0.3 is 15.2 Å². The van der Waals surface area contributed by atoms with Crippen LogP contribution in [0.4, 0.5) is 0 Å². The summed E-state index contributed by atoms with van der Waals surface area (Å²) in [5.41, 5.74) is 6.54. The van der Waals surface area contributed by atoms with Gasteiger partial charge in [0.15, 0.2) is 11.5 Å². The van der Waals surface area contributed by atoms with Crippen LogP contribution in [0.3, 0.4) is 0 Å². The van der Waals surface area contributed by atoms with Crippen molar-refractivity contribution in [1.29, 1.82) is 0 Å². The van der Waals surface area contributed by atoms with Crippen LogP contribution < -0.4 is 15.2 Å². The van der Waals surface area contributed by atoms with Gasteiger partial charge in [-0.1, -0.05) is 18.0 Å². The average Bonchev–Trinajstić information content (AvgIpc) is 2.28. The monoisotopic (exact) mass is 255 g/mol. The van der Waals surface area contributed by atoms with Gasteiger partial charge in [0.1, 0.15) is 0 Å². The Kier molecular flexibility index (Phi) is 4.13. The van der Waals surface area contributed by atoms with Crippen molar-refractivity contribution in [3.8, 4) is 11.5 Å². The molecule has 1 saturated carbocycles. The van der Waals surface area contributed by atoms with Crippen molar-refractivity contribution in [3.05, 3.63) is 22.7 Å². The summed E-state index contributed by atoms with van der Waals surface area (Å²) >= 11 is 6.18. The molecule has 2 rings (SSSR count). The van der Waals surface area contributed by atoms with E-state index in [1.807, 2.05) is 12.1 Å². The van der Waals surface area contributed by atoms with Gasteiger partial charge in [0, 0.05) is 6.54 Å². The fourth-order valence-electron chi connectivity index (χ4n) is 1.89. The van der Waals surface area contributed by atoms with Gasteiger partial charge in [0.05, 0.1) is 18.7 Å². The summed E-state index contributed by atoms with van der Waals surface area (Å²) in [6.45, 7) is 1.16. The van der Waals surface area contributed by atoms with Crippen molar-refractivity contribution in [1.82, 2.24) is 0 Å². The van der Waals surface area contributed by atoms with E-state index in [0.717, 1.165) is 12.2 Å². The van der Waals surface area contributed by atoms with Gasteiger partial charge in [-0.15, -0.1) is 0 Å². The van der Waals surface area contributed by atoms with E-state index in [1.165, 1.54) is 19.3 Å². The molecule has 0 heterocycles. The van der Waals surface area contributed by atoms with Gasteiger partial charge in [-0.3, -0.25) is 0 Å². The molecule has 17 heavy (non-hydrogen) atoms. The Balaban J connectivity index is 2.12. The summed E-state index contributed by atoms with van der Waals surface area (Å²) < 4.78 is 11.1. The predicted molar refractivity (Wildman–Crippen MR) is 68.7 cm³/mol. The topological polar surface area (TPSA) is 44.5 Å². The van der Waals surface area contributed by atoms with Gasteiger partial charge in [0.2, 0.25) is 0 Å². The molecule has 4 heteroatoms. The van der Waals surface area contributed by atoms with E-state index in [4.69, 9.17) is 26.8 Å². The fraction of sp³-hybridized carbons (Fsp3) is 0.538. The summed E-state index contributed by atoms with van der Waals surface area (Å²) in [6.07, 6.45) is 3.81. The molecule has 1 aliphatic carbocycles. The number of nitrogens with two attached hydrogens (primary N) is 1. The first kappa shape index (κ1) is 12.5. The minimum atomic E-state index is 0.443. The van der Waals surface area contributed by atoms with Crippen molar-refractivity contribution < 1.29 is 9.47 Å². The van der Waals surface area contributed by atoms with E-state index in [1.54, 1.807) is 7.11 Å². The summed E-state index contributed by atoms with van der Waals surface area (Å²) in [5.74, 6) is 1.97. The molecule has 1 aromatic carbocycles. The summed E-state index contributed by atoms with van der Waals surface area (Å²) in [7, 11) is 1.61. The van der Waals surface area contributed by atoms with E-state index < -0.39 is 0 Å². The Morgan fingerprint density at radius 1 is 1.41 bits per heavy atom. The highest BCUT2D eigenvalue weighted by Crippen LogP contribution is 2.37. The molecule has 0 spiro atoms. The molecule has 0 radical (unpaired) electrons. The smallest absolute Gasteiger partial charge is 0.179 e. The molecule has 0 bridgehead atoms. The van der Waals surface area contributed by atoms with Gasteiger partial charge in [0.25, 0.3) is 0 Å². The third kappa shape index (κ3) is 2.85. The van der Waals surface area contributed by atoms with E-state index in [0.29, 0.717) is 29.0 Å². The molecule has 0 saturated heterocycles. The lowest BCUT2D eigenvalue weighted by molar-refractivity contribution is 0.176. The first-order chi connectivity index (χ1) is 8.24. The average molecular weight is 256 g/mol. The zero-order valence-electron chi connectivity index (χ0n) is 10.0. The zero-order valence-corrected chi connectivity index (χ0v) is 10.8. The van der Waals surface area contributed by atoms with Crippen LogP contribution in [0.5, 0.6) is 11.5 Å². The number of hydrogen-bond donors (Lipinski definition) is 1. The number of ether oxygens (including phenoxy) is 2. The molecule has 1 aliphatic rings. The molecule has 0 aromatic heterocycles. The first-order valence-electron chi connectivity index (χ1n) is 5.94. The van der Waals surface area contributed by atoms with Crippen LogP contribution in [-0.2, 0) is 6.54 Å². The van der Waals surface area contributed by atoms with Crippen molar-refractivity contribution in [3.63, 3.8) is 0 Å². The highest BCUT2D eigenvalue weighted by Gasteiger charge is 2.20. The molecule has 3 nitrogen and oxygen atoms in total. The number of methoxy groups -OCH3 is 1. The van der Waals surface area contributed by atoms with Gasteiger partial charge >= 0.3 is 0 Å². The molecule has 2 N–H and O–H groups in total. The zero-order chi connectivity index (χ0) is 12.3. The van der Waals surface area contributed by atoms with E-state index in [-0.39, 0.29) is 0 Å². The number of rotatable bonds is 5. The Hall–Kier alpha value is -0.930. The van der Waals surface area contributed by atoms with Crippen LogP contribution >= 0.6 is 11.6 Å². The van der Waals surface area contributed by atoms with Gasteiger partial charge in [-0.2, -0.15) is 0 Å². The third-order valence-electron chi connectivity index (χ3n) is 3.21. The molecule has 1 aromatic rings. The molecular formula is C13H18ClNO2. The first-order valence-corrected chi connectivity index (χ1v) is 6.31. The Labute approximate surface area is 107 Å². The lowest BCUT2D eigenvalue weighted by Crippen LogP contribution is -2.19. The number of hydrogen-bond acceptors (Lipinski definition) is 3. The molecule has 94 valence electrons. The summed E-state index contributed by atoms with van der Waals surface area (Å²) in [5, 5.41) is 0.573. The maximum absolute atomic E-state index is 6.18. The second-order valence-electron chi connectivity index (χ2n) is 4.42. The Morgan fingerprint density at radius 3 is 2.71 bits per heavy atom. The van der Waals surface area contributed by atoms with E-state index >= 15 is 0 Å². The molecule has 0 atom stereocenters. The number of halogens is 1. The van der Waals surface area contributed by atoms with E-state index in [2.05, 4.69) is 0 Å². The van der Waals surface area contributed by atoms with Crippen molar-refractivity contribution in [2.45, 2.75) is 25.8 Å². The van der Waals surface area contributed by atoms with Crippen LogP contribution in [0.15, 0.2) is 12.1 Å². The standard InChI is InChI=1S/C13H18ClNO2/c1-16-12-6-10(7-15)5-11(14)13(12)17-8-9-3-2-4-9/h5-6,9H,2-4,7-8,15H2,1H3. The van der Waals surface area contributed by atoms with Crippen molar-refractivity contribution in [2.75, 3.05) is 13.7 Å². The SMILES string of the molecule is COc1cc(CN)cc(Cl)c1OCC1CCC1. The maximum atomic E-state index is 6.18. The Morgan fingerprint density at radius 2 is 2.18 bits per heavy atom. The largest absolute Gasteiger partial charge is 0.493 e. The van der Waals surface area contributed by atoms with Crippen LogP contribution in [0.25, 0.3) is 0 Å².